The van der Waals surface area contributed by atoms with Crippen molar-refractivity contribution in [2.75, 3.05) is 11.9 Å². The maximum absolute atomic E-state index is 12.3. The molecular weight excluding hydrogens is 322 g/mol. The number of hydrogen-bond acceptors (Lipinski definition) is 4. The molecule has 0 saturated heterocycles. The molecular formula is C19H21NO5. The molecule has 132 valence electrons. The summed E-state index contributed by atoms with van der Waals surface area (Å²) in [6.07, 6.45) is 2.90. The number of amides is 1. The van der Waals surface area contributed by atoms with Gasteiger partial charge in [0.05, 0.1) is 6.61 Å². The lowest BCUT2D eigenvalue weighted by Crippen LogP contribution is -2.11. The number of benzene rings is 1. The highest BCUT2D eigenvalue weighted by Crippen LogP contribution is 2.29. The van der Waals surface area contributed by atoms with E-state index in [1.165, 1.54) is 18.9 Å². The molecule has 0 bridgehead atoms. The van der Waals surface area contributed by atoms with E-state index in [-0.39, 0.29) is 11.3 Å². The lowest BCUT2D eigenvalue weighted by molar-refractivity contribution is 0.0694. The molecule has 1 heterocycles. The number of carboxylic acid groups (broad SMARTS) is 1. The zero-order valence-electron chi connectivity index (χ0n) is 14.1. The van der Waals surface area contributed by atoms with Gasteiger partial charge in [0.2, 0.25) is 0 Å². The summed E-state index contributed by atoms with van der Waals surface area (Å²) in [5.41, 5.74) is 1.61. The molecule has 0 radical (unpaired) electrons. The smallest absolute Gasteiger partial charge is 0.339 e. The van der Waals surface area contributed by atoms with E-state index in [2.05, 4.69) is 5.32 Å². The van der Waals surface area contributed by atoms with E-state index in [0.717, 1.165) is 12.2 Å². The van der Waals surface area contributed by atoms with Crippen LogP contribution in [0.5, 0.6) is 0 Å². The molecule has 1 saturated carbocycles. The first kappa shape index (κ1) is 17.2. The Hall–Kier alpha value is -2.60. The maximum Gasteiger partial charge on any atom is 0.339 e. The van der Waals surface area contributed by atoms with E-state index >= 15 is 0 Å². The summed E-state index contributed by atoms with van der Waals surface area (Å²) in [5.74, 6) is -0.588. The number of carboxylic acids is 1. The Labute approximate surface area is 145 Å². The third-order valence-corrected chi connectivity index (χ3v) is 4.09. The number of aromatic carboxylic acids is 1. The zero-order chi connectivity index (χ0) is 17.8. The number of rotatable bonds is 8. The zero-order valence-corrected chi connectivity index (χ0v) is 14.1. The largest absolute Gasteiger partial charge is 0.478 e. The fourth-order valence-electron chi connectivity index (χ4n) is 2.54. The second kappa shape index (κ2) is 7.53. The quantitative estimate of drug-likeness (QED) is 0.762. The molecule has 0 atom stereocenters. The third-order valence-electron chi connectivity index (χ3n) is 4.09. The predicted molar refractivity (Wildman–Crippen MR) is 91.8 cm³/mol. The van der Waals surface area contributed by atoms with E-state index in [4.69, 9.17) is 14.3 Å². The van der Waals surface area contributed by atoms with Crippen molar-refractivity contribution in [3.63, 3.8) is 0 Å². The van der Waals surface area contributed by atoms with Crippen LogP contribution in [-0.2, 0) is 17.8 Å². The van der Waals surface area contributed by atoms with Crippen molar-refractivity contribution in [1.82, 2.24) is 0 Å². The van der Waals surface area contributed by atoms with Gasteiger partial charge in [0.15, 0.2) is 5.76 Å². The molecule has 1 fully saturated rings. The molecule has 25 heavy (non-hydrogen) atoms. The lowest BCUT2D eigenvalue weighted by atomic mass is 10.2. The Bertz CT molecular complexity index is 776. The minimum Gasteiger partial charge on any atom is -0.478 e. The van der Waals surface area contributed by atoms with Gasteiger partial charge in [0.25, 0.3) is 5.91 Å². The van der Waals surface area contributed by atoms with Crippen LogP contribution in [0.1, 0.15) is 52.0 Å². The molecule has 6 heteroatoms. The standard InChI is InChI=1S/C19H21NO5/c1-2-16-15(19(22)23)9-17(25-16)18(21)20-14-5-3-4-13(8-14)11-24-10-12-6-7-12/h3-5,8-9,12H,2,6-7,10-11H2,1H3,(H,20,21)(H,22,23). The molecule has 0 unspecified atom stereocenters. The van der Waals surface area contributed by atoms with Gasteiger partial charge in [0.1, 0.15) is 11.3 Å². The van der Waals surface area contributed by atoms with Crippen LogP contribution in [-0.4, -0.2) is 23.6 Å². The van der Waals surface area contributed by atoms with E-state index in [9.17, 15) is 9.59 Å². The SMILES string of the molecule is CCc1oc(C(=O)Nc2cccc(COCC3CC3)c2)cc1C(=O)O. The van der Waals surface area contributed by atoms with E-state index in [1.54, 1.807) is 13.0 Å². The molecule has 0 aliphatic heterocycles. The van der Waals surface area contributed by atoms with Crippen molar-refractivity contribution in [3.8, 4) is 0 Å². The summed E-state index contributed by atoms with van der Waals surface area (Å²) in [6, 6.07) is 8.65. The molecule has 1 aliphatic carbocycles. The molecule has 1 aliphatic rings. The molecule has 1 aromatic heterocycles. The highest BCUT2D eigenvalue weighted by Gasteiger charge is 2.21. The van der Waals surface area contributed by atoms with Crippen molar-refractivity contribution < 1.29 is 23.8 Å². The molecule has 0 spiro atoms. The van der Waals surface area contributed by atoms with Crippen molar-refractivity contribution in [3.05, 3.63) is 53.0 Å². The Morgan fingerprint density at radius 3 is 2.76 bits per heavy atom. The van der Waals surface area contributed by atoms with Crippen molar-refractivity contribution >= 4 is 17.6 Å². The minimum atomic E-state index is -1.10. The number of aryl methyl sites for hydroxylation is 1. The summed E-state index contributed by atoms with van der Waals surface area (Å²) in [7, 11) is 0. The summed E-state index contributed by atoms with van der Waals surface area (Å²) in [6.45, 7) is 3.06. The number of anilines is 1. The van der Waals surface area contributed by atoms with Crippen molar-refractivity contribution in [2.24, 2.45) is 5.92 Å². The summed E-state index contributed by atoms with van der Waals surface area (Å²) in [4.78, 5) is 23.5. The molecule has 1 amide bonds. The van der Waals surface area contributed by atoms with Crippen LogP contribution >= 0.6 is 0 Å². The number of carbonyl (C=O) groups excluding carboxylic acids is 1. The minimum absolute atomic E-state index is 0.00960. The van der Waals surface area contributed by atoms with Gasteiger partial charge in [0, 0.05) is 24.8 Å². The number of ether oxygens (including phenoxy) is 1. The van der Waals surface area contributed by atoms with Gasteiger partial charge in [-0.3, -0.25) is 4.79 Å². The lowest BCUT2D eigenvalue weighted by Gasteiger charge is -2.07. The van der Waals surface area contributed by atoms with Gasteiger partial charge in [-0.25, -0.2) is 4.79 Å². The number of nitrogens with one attached hydrogen (secondary N) is 1. The number of carbonyl (C=O) groups is 2. The summed E-state index contributed by atoms with van der Waals surface area (Å²) in [5, 5.41) is 11.9. The van der Waals surface area contributed by atoms with Crippen LogP contribution in [0.4, 0.5) is 5.69 Å². The van der Waals surface area contributed by atoms with Crippen LogP contribution in [0.2, 0.25) is 0 Å². The second-order valence-corrected chi connectivity index (χ2v) is 6.22. The van der Waals surface area contributed by atoms with Crippen LogP contribution in [0.15, 0.2) is 34.7 Å². The van der Waals surface area contributed by atoms with Gasteiger partial charge < -0.3 is 19.6 Å². The van der Waals surface area contributed by atoms with Gasteiger partial charge in [-0.2, -0.15) is 0 Å². The fraction of sp³-hybridized carbons (Fsp3) is 0.368. The first-order chi connectivity index (χ1) is 12.1. The Kier molecular flexibility index (Phi) is 5.19. The van der Waals surface area contributed by atoms with E-state index in [1.807, 2.05) is 18.2 Å². The first-order valence-electron chi connectivity index (χ1n) is 8.41. The third kappa shape index (κ3) is 4.48. The molecule has 3 rings (SSSR count). The van der Waals surface area contributed by atoms with Gasteiger partial charge in [-0.1, -0.05) is 19.1 Å². The average molecular weight is 343 g/mol. The van der Waals surface area contributed by atoms with E-state index < -0.39 is 11.9 Å². The van der Waals surface area contributed by atoms with Crippen LogP contribution < -0.4 is 5.32 Å². The normalized spacial score (nSPS) is 13.6. The molecule has 6 nitrogen and oxygen atoms in total. The first-order valence-corrected chi connectivity index (χ1v) is 8.41. The van der Waals surface area contributed by atoms with Gasteiger partial charge in [-0.15, -0.1) is 0 Å². The molecule has 2 aromatic rings. The average Bonchev–Trinajstić information content (AvgIpc) is 3.30. The highest BCUT2D eigenvalue weighted by atomic mass is 16.5. The Morgan fingerprint density at radius 1 is 1.32 bits per heavy atom. The number of furan rings is 1. The van der Waals surface area contributed by atoms with Crippen molar-refractivity contribution in [2.45, 2.75) is 32.8 Å². The topological polar surface area (TPSA) is 88.8 Å². The van der Waals surface area contributed by atoms with E-state index in [0.29, 0.717) is 30.4 Å². The Balaban J connectivity index is 1.64. The highest BCUT2D eigenvalue weighted by molar-refractivity contribution is 6.04. The van der Waals surface area contributed by atoms with Crippen LogP contribution in [0, 0.1) is 5.92 Å². The summed E-state index contributed by atoms with van der Waals surface area (Å²) >= 11 is 0. The maximum atomic E-state index is 12.3. The number of hydrogen-bond donors (Lipinski definition) is 2. The predicted octanol–water partition coefficient (Wildman–Crippen LogP) is 3.72. The fourth-order valence-corrected chi connectivity index (χ4v) is 2.54. The molecule has 1 aromatic carbocycles. The Morgan fingerprint density at radius 2 is 2.12 bits per heavy atom. The monoisotopic (exact) mass is 343 g/mol. The van der Waals surface area contributed by atoms with Gasteiger partial charge >= 0.3 is 5.97 Å². The van der Waals surface area contributed by atoms with Crippen molar-refractivity contribution in [1.29, 1.82) is 0 Å². The van der Waals surface area contributed by atoms with Gasteiger partial charge in [-0.05, 0) is 36.5 Å². The van der Waals surface area contributed by atoms with Crippen LogP contribution in [0.25, 0.3) is 0 Å². The van der Waals surface area contributed by atoms with Crippen LogP contribution in [0.3, 0.4) is 0 Å². The summed E-state index contributed by atoms with van der Waals surface area (Å²) < 4.78 is 11.0. The molecule has 2 N–H and O–H groups in total. The second-order valence-electron chi connectivity index (χ2n) is 6.22.